The average molecular weight is 486 g/mol. The van der Waals surface area contributed by atoms with Crippen molar-refractivity contribution in [3.63, 3.8) is 0 Å². The van der Waals surface area contributed by atoms with Gasteiger partial charge in [-0.15, -0.1) is 0 Å². The number of carbonyl (C=O) groups is 2. The lowest BCUT2D eigenvalue weighted by Crippen LogP contribution is -2.55. The quantitative estimate of drug-likeness (QED) is 0.413. The molecule has 10 heteroatoms. The first-order valence-electron chi connectivity index (χ1n) is 11.0. The molecule has 0 saturated heterocycles. The molecule has 9 nitrogen and oxygen atoms in total. The molecule has 0 aliphatic carbocycles. The number of benzene rings is 1. The fourth-order valence-corrected chi connectivity index (χ4v) is 4.14. The molecule has 3 atom stereocenters. The van der Waals surface area contributed by atoms with Crippen LogP contribution in [0.25, 0.3) is 0 Å². The molecule has 188 valence electrons. The zero-order chi connectivity index (χ0) is 25.4. The van der Waals surface area contributed by atoms with Crippen molar-refractivity contribution in [1.82, 2.24) is 9.62 Å². The van der Waals surface area contributed by atoms with Crippen molar-refractivity contribution < 1.29 is 27.9 Å². The summed E-state index contributed by atoms with van der Waals surface area (Å²) in [5, 5.41) is 13.8. The number of amides is 2. The van der Waals surface area contributed by atoms with E-state index in [9.17, 15) is 23.1 Å². The maximum Gasteiger partial charge on any atom is 0.405 e. The fraction of sp³-hybridized carbons (Fsp3) is 0.652. The maximum atomic E-state index is 13.0. The lowest BCUT2D eigenvalue weighted by molar-refractivity contribution is -0.136. The minimum absolute atomic E-state index is 0.180. The second-order valence-corrected chi connectivity index (χ2v) is 11.8. The Morgan fingerprint density at radius 3 is 2.21 bits per heavy atom. The van der Waals surface area contributed by atoms with E-state index in [4.69, 9.17) is 10.5 Å². The van der Waals surface area contributed by atoms with Gasteiger partial charge in [-0.3, -0.25) is 4.79 Å². The Morgan fingerprint density at radius 2 is 1.76 bits per heavy atom. The molecule has 0 aliphatic heterocycles. The number of nitrogens with zero attached hydrogens (tertiary/aromatic N) is 1. The molecular weight excluding hydrogens is 446 g/mol. The van der Waals surface area contributed by atoms with Crippen LogP contribution in [0.4, 0.5) is 4.79 Å². The number of sulfonamides is 1. The molecule has 33 heavy (non-hydrogen) atoms. The molecule has 0 heterocycles. The summed E-state index contributed by atoms with van der Waals surface area (Å²) >= 11 is 0. The molecule has 0 unspecified atom stereocenters. The first-order chi connectivity index (χ1) is 15.1. The average Bonchev–Trinajstić information content (AvgIpc) is 2.67. The van der Waals surface area contributed by atoms with Gasteiger partial charge in [0.15, 0.2) is 6.10 Å². The van der Waals surface area contributed by atoms with E-state index in [1.807, 2.05) is 44.2 Å². The Kier molecular flexibility index (Phi) is 10.8. The molecule has 0 fully saturated rings. The van der Waals surface area contributed by atoms with E-state index >= 15 is 0 Å². The Labute approximate surface area is 197 Å². The molecule has 2 amide bonds. The standard InChI is InChI=1S/C23H39N3O6S/c1-16(2)12-13-26(33(6,30)31)15-19(27)18(14-17-10-8-7-9-11-17)25-21(28)20(23(3,4)5)32-22(24)29/h7-11,16,18-20,27H,12-15H2,1-6H3,(H2,24,29)(H,25,28)/t18-,19+,20+/m0/s1. The van der Waals surface area contributed by atoms with E-state index in [1.54, 1.807) is 20.8 Å². The largest absolute Gasteiger partial charge is 0.436 e. The molecule has 1 aromatic rings. The van der Waals surface area contributed by atoms with Gasteiger partial charge in [-0.2, -0.15) is 4.31 Å². The lowest BCUT2D eigenvalue weighted by atomic mass is 9.88. The van der Waals surface area contributed by atoms with E-state index in [2.05, 4.69) is 5.32 Å². The Hall–Kier alpha value is -2.17. The highest BCUT2D eigenvalue weighted by molar-refractivity contribution is 7.88. The van der Waals surface area contributed by atoms with Gasteiger partial charge in [-0.1, -0.05) is 65.0 Å². The first kappa shape index (κ1) is 28.9. The normalized spacial score (nSPS) is 15.2. The predicted molar refractivity (Wildman–Crippen MR) is 128 cm³/mol. The molecular formula is C23H39N3O6S. The van der Waals surface area contributed by atoms with Crippen molar-refractivity contribution in [3.8, 4) is 0 Å². The summed E-state index contributed by atoms with van der Waals surface area (Å²) in [4.78, 5) is 24.4. The third-order valence-corrected chi connectivity index (χ3v) is 6.43. The van der Waals surface area contributed by atoms with Crippen molar-refractivity contribution >= 4 is 22.0 Å². The summed E-state index contributed by atoms with van der Waals surface area (Å²) < 4.78 is 30.9. The van der Waals surface area contributed by atoms with Crippen LogP contribution in [0.5, 0.6) is 0 Å². The molecule has 0 saturated carbocycles. The highest BCUT2D eigenvalue weighted by Gasteiger charge is 2.37. The summed E-state index contributed by atoms with van der Waals surface area (Å²) in [7, 11) is -3.57. The first-order valence-corrected chi connectivity index (χ1v) is 12.9. The number of aliphatic hydroxyl groups is 1. The van der Waals surface area contributed by atoms with E-state index in [-0.39, 0.29) is 25.4 Å². The van der Waals surface area contributed by atoms with Crippen LogP contribution in [0.15, 0.2) is 30.3 Å². The van der Waals surface area contributed by atoms with Crippen LogP contribution < -0.4 is 11.1 Å². The Morgan fingerprint density at radius 1 is 1.18 bits per heavy atom. The molecule has 4 N–H and O–H groups in total. The number of hydrogen-bond donors (Lipinski definition) is 3. The van der Waals surface area contributed by atoms with Gasteiger partial charge in [-0.05, 0) is 24.3 Å². The number of nitrogens with one attached hydrogen (secondary N) is 1. The van der Waals surface area contributed by atoms with Gasteiger partial charge in [0, 0.05) is 18.5 Å². The van der Waals surface area contributed by atoms with Crippen molar-refractivity contribution in [3.05, 3.63) is 35.9 Å². The number of nitrogens with two attached hydrogens (primary N) is 1. The second-order valence-electron chi connectivity index (χ2n) is 9.86. The third-order valence-electron chi connectivity index (χ3n) is 5.16. The number of aliphatic hydroxyl groups excluding tert-OH is 1. The monoisotopic (exact) mass is 485 g/mol. The van der Waals surface area contributed by atoms with Crippen LogP contribution in [-0.4, -0.2) is 67.4 Å². The van der Waals surface area contributed by atoms with Gasteiger partial charge >= 0.3 is 6.09 Å². The molecule has 0 bridgehead atoms. The van der Waals surface area contributed by atoms with Crippen LogP contribution in [0.2, 0.25) is 0 Å². The summed E-state index contributed by atoms with van der Waals surface area (Å²) in [6.07, 6.45) is -1.49. The van der Waals surface area contributed by atoms with Gasteiger partial charge in [0.05, 0.1) is 18.4 Å². The molecule has 1 rings (SSSR count). The predicted octanol–water partition coefficient (Wildman–Crippen LogP) is 1.89. The van der Waals surface area contributed by atoms with Gasteiger partial charge in [-0.25, -0.2) is 13.2 Å². The smallest absolute Gasteiger partial charge is 0.405 e. The molecule has 0 radical (unpaired) electrons. The second kappa shape index (κ2) is 12.3. The van der Waals surface area contributed by atoms with Crippen molar-refractivity contribution in [2.45, 2.75) is 65.7 Å². The zero-order valence-electron chi connectivity index (χ0n) is 20.4. The fourth-order valence-electron chi connectivity index (χ4n) is 3.28. The molecule has 0 aromatic heterocycles. The Balaban J connectivity index is 3.16. The summed E-state index contributed by atoms with van der Waals surface area (Å²) in [6, 6.07) is 8.38. The minimum atomic E-state index is -3.57. The number of carbonyl (C=O) groups excluding carboxylic acids is 2. The van der Waals surface area contributed by atoms with Gasteiger partial charge in [0.1, 0.15) is 0 Å². The van der Waals surface area contributed by atoms with E-state index in [0.717, 1.165) is 11.8 Å². The maximum absolute atomic E-state index is 13.0. The molecule has 1 aromatic carbocycles. The van der Waals surface area contributed by atoms with Crippen LogP contribution in [-0.2, 0) is 26.0 Å². The highest BCUT2D eigenvalue weighted by Crippen LogP contribution is 2.23. The number of rotatable bonds is 12. The van der Waals surface area contributed by atoms with Crippen molar-refractivity contribution in [2.75, 3.05) is 19.3 Å². The van der Waals surface area contributed by atoms with Gasteiger partial charge in [0.2, 0.25) is 10.0 Å². The number of ether oxygens (including phenoxy) is 1. The van der Waals surface area contributed by atoms with Crippen molar-refractivity contribution in [2.24, 2.45) is 17.1 Å². The van der Waals surface area contributed by atoms with E-state index < -0.39 is 45.7 Å². The topological polar surface area (TPSA) is 139 Å². The van der Waals surface area contributed by atoms with Crippen molar-refractivity contribution in [1.29, 1.82) is 0 Å². The van der Waals surface area contributed by atoms with Gasteiger partial charge < -0.3 is 20.9 Å². The summed E-state index contributed by atoms with van der Waals surface area (Å²) in [6.45, 7) is 9.22. The number of primary amides is 1. The summed E-state index contributed by atoms with van der Waals surface area (Å²) in [5.74, 6) is -0.334. The van der Waals surface area contributed by atoms with Crippen LogP contribution >= 0.6 is 0 Å². The SMILES string of the molecule is CC(C)CCN(C[C@@H](O)[C@H](Cc1ccccc1)NC(=O)[C@@H](OC(N)=O)C(C)(C)C)S(C)(=O)=O. The Bertz CT molecular complexity index is 868. The number of hydrogen-bond acceptors (Lipinski definition) is 6. The minimum Gasteiger partial charge on any atom is -0.436 e. The van der Waals surface area contributed by atoms with E-state index in [1.165, 1.54) is 4.31 Å². The lowest BCUT2D eigenvalue weighted by Gasteiger charge is -2.33. The summed E-state index contributed by atoms with van der Waals surface area (Å²) in [5.41, 5.74) is 5.24. The van der Waals surface area contributed by atoms with E-state index in [0.29, 0.717) is 6.42 Å². The van der Waals surface area contributed by atoms with Gasteiger partial charge in [0.25, 0.3) is 5.91 Å². The third kappa shape index (κ3) is 10.5. The highest BCUT2D eigenvalue weighted by atomic mass is 32.2. The molecule has 0 spiro atoms. The zero-order valence-corrected chi connectivity index (χ0v) is 21.3. The molecule has 0 aliphatic rings. The van der Waals surface area contributed by atoms with Crippen LogP contribution in [0.3, 0.4) is 0 Å². The van der Waals surface area contributed by atoms with Crippen LogP contribution in [0.1, 0.15) is 46.6 Å². The van der Waals surface area contributed by atoms with Crippen LogP contribution in [0, 0.1) is 11.3 Å².